The molecule has 0 radical (unpaired) electrons. The van der Waals surface area contributed by atoms with Gasteiger partial charge in [0.05, 0.1) is 5.69 Å². The molecular weight excluding hydrogens is 279 g/mol. The maximum absolute atomic E-state index is 13.9. The van der Waals surface area contributed by atoms with Gasteiger partial charge in [-0.1, -0.05) is 22.8 Å². The van der Waals surface area contributed by atoms with Gasteiger partial charge >= 0.3 is 0 Å². The molecule has 106 valence electrons. The Morgan fingerprint density at radius 2 is 2.20 bits per heavy atom. The number of aryl methyl sites for hydroxylation is 1. The van der Waals surface area contributed by atoms with Gasteiger partial charge in [-0.25, -0.2) is 4.39 Å². The molecule has 0 saturated heterocycles. The molecule has 1 aromatic carbocycles. The number of rotatable bonds is 5. The van der Waals surface area contributed by atoms with Gasteiger partial charge < -0.3 is 4.52 Å². The van der Waals surface area contributed by atoms with E-state index in [1.165, 1.54) is 6.07 Å². The summed E-state index contributed by atoms with van der Waals surface area (Å²) >= 11 is 6.10. The molecule has 1 fully saturated rings. The number of benzene rings is 1. The second-order valence-electron chi connectivity index (χ2n) is 5.27. The van der Waals surface area contributed by atoms with Crippen molar-refractivity contribution in [2.45, 2.75) is 38.9 Å². The smallest absolute Gasteiger partial charge is 0.133 e. The summed E-state index contributed by atoms with van der Waals surface area (Å²) in [6.07, 6.45) is 2.28. The van der Waals surface area contributed by atoms with E-state index in [9.17, 15) is 4.39 Å². The number of nitrogens with zero attached hydrogens (tertiary/aromatic N) is 2. The van der Waals surface area contributed by atoms with Gasteiger partial charge in [0.2, 0.25) is 0 Å². The minimum absolute atomic E-state index is 0.250. The number of aromatic nitrogens is 1. The first kappa shape index (κ1) is 13.6. The van der Waals surface area contributed by atoms with Crippen LogP contribution in [0, 0.1) is 12.7 Å². The molecule has 5 heteroatoms. The Bertz CT molecular complexity index is 589. The lowest BCUT2D eigenvalue weighted by molar-refractivity contribution is 0.234. The highest BCUT2D eigenvalue weighted by atomic mass is 35.5. The quantitative estimate of drug-likeness (QED) is 0.836. The van der Waals surface area contributed by atoms with E-state index < -0.39 is 0 Å². The van der Waals surface area contributed by atoms with E-state index in [2.05, 4.69) is 10.1 Å². The van der Waals surface area contributed by atoms with Crippen molar-refractivity contribution in [1.82, 2.24) is 10.1 Å². The summed E-state index contributed by atoms with van der Waals surface area (Å²) in [7, 11) is 0. The van der Waals surface area contributed by atoms with Crippen molar-refractivity contribution in [3.63, 3.8) is 0 Å². The minimum atomic E-state index is -0.250. The van der Waals surface area contributed by atoms with Gasteiger partial charge in [-0.15, -0.1) is 0 Å². The first-order valence-electron chi connectivity index (χ1n) is 6.72. The molecule has 0 bridgehead atoms. The van der Waals surface area contributed by atoms with Crippen LogP contribution >= 0.6 is 11.6 Å². The zero-order valence-electron chi connectivity index (χ0n) is 11.3. The Morgan fingerprint density at radius 3 is 2.80 bits per heavy atom. The molecule has 20 heavy (non-hydrogen) atoms. The van der Waals surface area contributed by atoms with E-state index in [0.717, 1.165) is 24.3 Å². The highest BCUT2D eigenvalue weighted by Crippen LogP contribution is 2.31. The van der Waals surface area contributed by atoms with Crippen molar-refractivity contribution in [3.8, 4) is 0 Å². The third-order valence-electron chi connectivity index (χ3n) is 3.53. The van der Waals surface area contributed by atoms with Crippen molar-refractivity contribution in [2.24, 2.45) is 0 Å². The second-order valence-corrected chi connectivity index (χ2v) is 5.67. The largest absolute Gasteiger partial charge is 0.361 e. The van der Waals surface area contributed by atoms with E-state index >= 15 is 0 Å². The summed E-state index contributed by atoms with van der Waals surface area (Å²) in [4.78, 5) is 2.21. The summed E-state index contributed by atoms with van der Waals surface area (Å²) in [6.45, 7) is 3.03. The molecule has 1 aliphatic carbocycles. The monoisotopic (exact) mass is 294 g/mol. The molecule has 0 spiro atoms. The van der Waals surface area contributed by atoms with E-state index in [1.807, 2.05) is 13.0 Å². The van der Waals surface area contributed by atoms with Crippen molar-refractivity contribution in [2.75, 3.05) is 0 Å². The first-order chi connectivity index (χ1) is 9.63. The van der Waals surface area contributed by atoms with Crippen LogP contribution in [0.2, 0.25) is 5.02 Å². The molecule has 0 unspecified atom stereocenters. The van der Waals surface area contributed by atoms with Crippen molar-refractivity contribution in [3.05, 3.63) is 52.1 Å². The van der Waals surface area contributed by atoms with Crippen molar-refractivity contribution < 1.29 is 8.91 Å². The van der Waals surface area contributed by atoms with Gasteiger partial charge in [0.25, 0.3) is 0 Å². The van der Waals surface area contributed by atoms with Crippen LogP contribution in [-0.2, 0) is 13.1 Å². The summed E-state index contributed by atoms with van der Waals surface area (Å²) in [5.74, 6) is 0.541. The lowest BCUT2D eigenvalue weighted by atomic mass is 10.2. The minimum Gasteiger partial charge on any atom is -0.361 e. The highest BCUT2D eigenvalue weighted by Gasteiger charge is 2.30. The molecule has 1 saturated carbocycles. The molecule has 0 amide bonds. The standard InChI is InChI=1S/C15H16ClFN2O/c1-10-7-11(18-20-10)8-19(12-5-6-12)9-13-14(16)3-2-4-15(13)17/h2-4,7,12H,5-6,8-9H2,1H3. The van der Waals surface area contributed by atoms with Gasteiger partial charge in [-0.2, -0.15) is 0 Å². The van der Waals surface area contributed by atoms with Crippen LogP contribution in [0.5, 0.6) is 0 Å². The predicted molar refractivity (Wildman–Crippen MR) is 74.9 cm³/mol. The van der Waals surface area contributed by atoms with Gasteiger partial charge in [0, 0.05) is 35.8 Å². The maximum Gasteiger partial charge on any atom is 0.133 e. The zero-order chi connectivity index (χ0) is 14.1. The van der Waals surface area contributed by atoms with E-state index in [4.69, 9.17) is 16.1 Å². The highest BCUT2D eigenvalue weighted by molar-refractivity contribution is 6.31. The molecule has 3 nitrogen and oxygen atoms in total. The van der Waals surface area contributed by atoms with E-state index in [0.29, 0.717) is 29.7 Å². The third kappa shape index (κ3) is 3.02. The number of halogens is 2. The zero-order valence-corrected chi connectivity index (χ0v) is 12.0. The Kier molecular flexibility index (Phi) is 3.76. The van der Waals surface area contributed by atoms with E-state index in [1.54, 1.807) is 12.1 Å². The molecule has 1 heterocycles. The normalized spacial score (nSPS) is 15.0. The molecule has 0 aliphatic heterocycles. The van der Waals surface area contributed by atoms with Crippen LogP contribution in [0.25, 0.3) is 0 Å². The van der Waals surface area contributed by atoms with Crippen LogP contribution in [-0.4, -0.2) is 16.1 Å². The van der Waals surface area contributed by atoms with Crippen molar-refractivity contribution in [1.29, 1.82) is 0 Å². The van der Waals surface area contributed by atoms with Crippen molar-refractivity contribution >= 4 is 11.6 Å². The molecule has 2 aromatic rings. The molecule has 0 N–H and O–H groups in total. The van der Waals surface area contributed by atoms with Gasteiger partial charge in [0.1, 0.15) is 11.6 Å². The lowest BCUT2D eigenvalue weighted by Crippen LogP contribution is -2.26. The number of hydrogen-bond acceptors (Lipinski definition) is 3. The summed E-state index contributed by atoms with van der Waals surface area (Å²) < 4.78 is 19.0. The first-order valence-corrected chi connectivity index (χ1v) is 7.10. The summed E-state index contributed by atoms with van der Waals surface area (Å²) in [6, 6.07) is 7.21. The predicted octanol–water partition coefficient (Wildman–Crippen LogP) is 3.94. The Hall–Kier alpha value is -1.39. The van der Waals surface area contributed by atoms with Crippen LogP contribution in [0.1, 0.15) is 29.9 Å². The average Bonchev–Trinajstić information content (AvgIpc) is 3.17. The fourth-order valence-electron chi connectivity index (χ4n) is 2.34. The van der Waals surface area contributed by atoms with E-state index in [-0.39, 0.29) is 5.82 Å². The average molecular weight is 295 g/mol. The Morgan fingerprint density at radius 1 is 1.40 bits per heavy atom. The fraction of sp³-hybridized carbons (Fsp3) is 0.400. The number of hydrogen-bond donors (Lipinski definition) is 0. The third-order valence-corrected chi connectivity index (χ3v) is 3.88. The SMILES string of the molecule is Cc1cc(CN(Cc2c(F)cccc2Cl)C2CC2)no1. The van der Waals surface area contributed by atoms with Gasteiger partial charge in [-0.3, -0.25) is 4.90 Å². The van der Waals surface area contributed by atoms with Crippen LogP contribution in [0.4, 0.5) is 4.39 Å². The lowest BCUT2D eigenvalue weighted by Gasteiger charge is -2.21. The van der Waals surface area contributed by atoms with Gasteiger partial charge in [-0.05, 0) is 31.9 Å². The molecule has 0 atom stereocenters. The Labute approximate surface area is 122 Å². The molecule has 1 aliphatic rings. The van der Waals surface area contributed by atoms with Crippen LogP contribution in [0.3, 0.4) is 0 Å². The summed E-state index contributed by atoms with van der Waals surface area (Å²) in [5.41, 5.74) is 1.43. The molecule has 1 aromatic heterocycles. The maximum atomic E-state index is 13.9. The van der Waals surface area contributed by atoms with Crippen LogP contribution in [0.15, 0.2) is 28.8 Å². The Balaban J connectivity index is 1.78. The van der Waals surface area contributed by atoms with Gasteiger partial charge in [0.15, 0.2) is 0 Å². The van der Waals surface area contributed by atoms with Crippen LogP contribution < -0.4 is 0 Å². The fourth-order valence-corrected chi connectivity index (χ4v) is 2.56. The second kappa shape index (κ2) is 5.54. The molecule has 3 rings (SSSR count). The topological polar surface area (TPSA) is 29.3 Å². The molecular formula is C15H16ClFN2O. The summed E-state index contributed by atoms with van der Waals surface area (Å²) in [5, 5.41) is 4.49.